The maximum Gasteiger partial charge on any atom is 0.262 e. The number of nitrogens with one attached hydrogen (secondary N) is 1. The largest absolute Gasteiger partial charge is 0.482 e. The molecule has 4 heteroatoms. The molecule has 0 fully saturated rings. The molecule has 1 heterocycles. The zero-order valence-corrected chi connectivity index (χ0v) is 10.7. The lowest BCUT2D eigenvalue weighted by molar-refractivity contribution is -0.118. The summed E-state index contributed by atoms with van der Waals surface area (Å²) in [7, 11) is 0. The lowest BCUT2D eigenvalue weighted by Gasteiger charge is -2.18. The quantitative estimate of drug-likeness (QED) is 0.832. The fraction of sp³-hybridized carbons (Fsp3) is 0.429. The van der Waals surface area contributed by atoms with Gasteiger partial charge in [-0.15, -0.1) is 0 Å². The summed E-state index contributed by atoms with van der Waals surface area (Å²) >= 11 is 0. The number of hydrogen-bond donors (Lipinski definition) is 1. The molecule has 0 saturated carbocycles. The Morgan fingerprint density at radius 3 is 3.00 bits per heavy atom. The molecular formula is C14H17NO3. The predicted molar refractivity (Wildman–Crippen MR) is 69.0 cm³/mol. The molecule has 0 radical (unpaired) electrons. The van der Waals surface area contributed by atoms with E-state index in [0.29, 0.717) is 29.3 Å². The summed E-state index contributed by atoms with van der Waals surface area (Å²) in [5.74, 6) is 0.912. The molecule has 1 aromatic carbocycles. The summed E-state index contributed by atoms with van der Waals surface area (Å²) in [6.45, 7) is 4.16. The molecule has 0 aromatic heterocycles. The van der Waals surface area contributed by atoms with E-state index < -0.39 is 0 Å². The number of carbonyl (C=O) groups excluding carboxylic acids is 2. The van der Waals surface area contributed by atoms with E-state index >= 15 is 0 Å². The summed E-state index contributed by atoms with van der Waals surface area (Å²) in [5.41, 5.74) is 1.21. The van der Waals surface area contributed by atoms with Crippen molar-refractivity contribution in [3.63, 3.8) is 0 Å². The van der Waals surface area contributed by atoms with Crippen LogP contribution in [0.25, 0.3) is 0 Å². The van der Waals surface area contributed by atoms with Crippen LogP contribution in [-0.4, -0.2) is 18.3 Å². The first-order valence-electron chi connectivity index (χ1n) is 6.20. The molecule has 4 nitrogen and oxygen atoms in total. The zero-order chi connectivity index (χ0) is 13.1. The van der Waals surface area contributed by atoms with Gasteiger partial charge in [0, 0.05) is 12.0 Å². The molecule has 1 N–H and O–H groups in total. The number of ketones is 1. The maximum absolute atomic E-state index is 12.0. The molecule has 96 valence electrons. The van der Waals surface area contributed by atoms with Crippen molar-refractivity contribution in [2.24, 2.45) is 5.92 Å². The number of anilines is 1. The molecule has 2 rings (SSSR count). The Kier molecular flexibility index (Phi) is 3.65. The van der Waals surface area contributed by atoms with Gasteiger partial charge >= 0.3 is 0 Å². The van der Waals surface area contributed by atoms with Gasteiger partial charge in [-0.1, -0.05) is 20.3 Å². The first kappa shape index (κ1) is 12.6. The molecule has 0 spiro atoms. The van der Waals surface area contributed by atoms with Gasteiger partial charge in [-0.25, -0.2) is 0 Å². The molecule has 1 unspecified atom stereocenters. The number of rotatable bonds is 4. The minimum Gasteiger partial charge on any atom is -0.482 e. The van der Waals surface area contributed by atoms with Crippen LogP contribution in [0.5, 0.6) is 5.75 Å². The smallest absolute Gasteiger partial charge is 0.262 e. The summed E-state index contributed by atoms with van der Waals surface area (Å²) in [6, 6.07) is 5.18. The minimum atomic E-state index is -0.186. The fourth-order valence-electron chi connectivity index (χ4n) is 1.84. The Balaban J connectivity index is 2.17. The monoisotopic (exact) mass is 247 g/mol. The molecule has 1 aliphatic heterocycles. The van der Waals surface area contributed by atoms with Crippen LogP contribution in [0.4, 0.5) is 5.69 Å². The van der Waals surface area contributed by atoms with E-state index in [1.807, 2.05) is 0 Å². The maximum atomic E-state index is 12.0. The topological polar surface area (TPSA) is 55.4 Å². The second-order valence-electron chi connectivity index (χ2n) is 4.69. The van der Waals surface area contributed by atoms with Gasteiger partial charge in [-0.2, -0.15) is 0 Å². The second kappa shape index (κ2) is 5.21. The Morgan fingerprint density at radius 1 is 1.50 bits per heavy atom. The number of ether oxygens (including phenoxy) is 1. The van der Waals surface area contributed by atoms with Crippen LogP contribution in [-0.2, 0) is 4.79 Å². The van der Waals surface area contributed by atoms with Crippen molar-refractivity contribution in [1.82, 2.24) is 0 Å². The van der Waals surface area contributed by atoms with Crippen LogP contribution in [0.1, 0.15) is 37.0 Å². The van der Waals surface area contributed by atoms with Crippen LogP contribution in [0, 0.1) is 5.92 Å². The van der Waals surface area contributed by atoms with E-state index in [0.717, 1.165) is 6.42 Å². The number of carbonyl (C=O) groups is 2. The van der Waals surface area contributed by atoms with Crippen LogP contribution >= 0.6 is 0 Å². The standard InChI is InChI=1S/C14H17NO3/c1-3-9(2)6-12(16)10-4-5-13-11(7-10)15-14(17)8-18-13/h4-5,7,9H,3,6,8H2,1-2H3,(H,15,17). The van der Waals surface area contributed by atoms with Crippen LogP contribution < -0.4 is 10.1 Å². The lowest BCUT2D eigenvalue weighted by Crippen LogP contribution is -2.25. The first-order valence-corrected chi connectivity index (χ1v) is 6.20. The molecule has 1 aliphatic rings. The molecular weight excluding hydrogens is 230 g/mol. The number of hydrogen-bond acceptors (Lipinski definition) is 3. The van der Waals surface area contributed by atoms with Crippen LogP contribution in [0.2, 0.25) is 0 Å². The second-order valence-corrected chi connectivity index (χ2v) is 4.69. The Bertz CT molecular complexity index is 482. The highest BCUT2D eigenvalue weighted by Gasteiger charge is 2.18. The van der Waals surface area contributed by atoms with E-state index in [9.17, 15) is 9.59 Å². The highest BCUT2D eigenvalue weighted by atomic mass is 16.5. The molecule has 18 heavy (non-hydrogen) atoms. The average molecular weight is 247 g/mol. The van der Waals surface area contributed by atoms with Gasteiger partial charge in [-0.3, -0.25) is 9.59 Å². The third-order valence-electron chi connectivity index (χ3n) is 3.17. The molecule has 1 atom stereocenters. The molecule has 0 aliphatic carbocycles. The van der Waals surface area contributed by atoms with E-state index in [1.54, 1.807) is 18.2 Å². The Hall–Kier alpha value is -1.84. The highest BCUT2D eigenvalue weighted by Crippen LogP contribution is 2.29. The van der Waals surface area contributed by atoms with Crippen molar-refractivity contribution in [2.75, 3.05) is 11.9 Å². The first-order chi connectivity index (χ1) is 8.60. The summed E-state index contributed by atoms with van der Waals surface area (Å²) in [5, 5.41) is 2.71. The van der Waals surface area contributed by atoms with Gasteiger partial charge in [0.25, 0.3) is 5.91 Å². The summed E-state index contributed by atoms with van der Waals surface area (Å²) in [4.78, 5) is 23.2. The van der Waals surface area contributed by atoms with E-state index in [4.69, 9.17) is 4.74 Å². The Labute approximate surface area is 106 Å². The molecule has 1 amide bonds. The van der Waals surface area contributed by atoms with E-state index in [2.05, 4.69) is 19.2 Å². The van der Waals surface area contributed by atoms with Gasteiger partial charge in [0.1, 0.15) is 5.75 Å². The van der Waals surface area contributed by atoms with Crippen LogP contribution in [0.3, 0.4) is 0 Å². The fourth-order valence-corrected chi connectivity index (χ4v) is 1.84. The van der Waals surface area contributed by atoms with Gasteiger partial charge in [0.05, 0.1) is 5.69 Å². The predicted octanol–water partition coefficient (Wildman–Crippen LogP) is 2.64. The summed E-state index contributed by atoms with van der Waals surface area (Å²) < 4.78 is 5.25. The lowest BCUT2D eigenvalue weighted by atomic mass is 9.97. The number of benzene rings is 1. The normalized spacial score (nSPS) is 15.3. The van der Waals surface area contributed by atoms with Crippen molar-refractivity contribution in [3.8, 4) is 5.75 Å². The Morgan fingerprint density at radius 2 is 2.28 bits per heavy atom. The van der Waals surface area contributed by atoms with Gasteiger partial charge in [-0.05, 0) is 24.1 Å². The summed E-state index contributed by atoms with van der Waals surface area (Å²) in [6.07, 6.45) is 1.51. The number of Topliss-reactive ketones (excluding diaryl/α,β-unsaturated/α-hetero) is 1. The van der Waals surface area contributed by atoms with Crippen LogP contribution in [0.15, 0.2) is 18.2 Å². The SMILES string of the molecule is CCC(C)CC(=O)c1ccc2c(c1)NC(=O)CO2. The zero-order valence-electron chi connectivity index (χ0n) is 10.7. The third-order valence-corrected chi connectivity index (χ3v) is 3.17. The third kappa shape index (κ3) is 2.70. The minimum absolute atomic E-state index is 0.0349. The number of amides is 1. The van der Waals surface area contributed by atoms with Crippen molar-refractivity contribution < 1.29 is 14.3 Å². The molecule has 0 bridgehead atoms. The molecule has 0 saturated heterocycles. The van der Waals surface area contributed by atoms with Gasteiger partial charge in [0.2, 0.25) is 0 Å². The van der Waals surface area contributed by atoms with Crippen molar-refractivity contribution >= 4 is 17.4 Å². The van der Waals surface area contributed by atoms with E-state index in [-0.39, 0.29) is 18.3 Å². The highest BCUT2D eigenvalue weighted by molar-refractivity contribution is 6.00. The number of fused-ring (bicyclic) bond motifs is 1. The van der Waals surface area contributed by atoms with E-state index in [1.165, 1.54) is 0 Å². The van der Waals surface area contributed by atoms with Crippen molar-refractivity contribution in [3.05, 3.63) is 23.8 Å². The van der Waals surface area contributed by atoms with Gasteiger partial charge < -0.3 is 10.1 Å². The van der Waals surface area contributed by atoms with Crippen molar-refractivity contribution in [2.45, 2.75) is 26.7 Å². The van der Waals surface area contributed by atoms with Crippen molar-refractivity contribution in [1.29, 1.82) is 0 Å². The average Bonchev–Trinajstić information content (AvgIpc) is 2.37. The van der Waals surface area contributed by atoms with Gasteiger partial charge in [0.15, 0.2) is 12.4 Å². The molecule has 1 aromatic rings.